The Balaban J connectivity index is -0.0000000322. The van der Waals surface area contributed by atoms with Crippen molar-refractivity contribution < 1.29 is 97.8 Å². The van der Waals surface area contributed by atoms with Gasteiger partial charge in [-0.25, -0.2) is 0 Å². The average Bonchev–Trinajstić information content (AvgIpc) is 3.23. The van der Waals surface area contributed by atoms with Crippen LogP contribution in [0.25, 0.3) is 0 Å². The van der Waals surface area contributed by atoms with Crippen LogP contribution >= 0.6 is 0 Å². The Hall–Kier alpha value is -1.23. The Labute approximate surface area is 507 Å². The molecule has 0 aliphatic rings. The summed E-state index contributed by atoms with van der Waals surface area (Å²) in [7, 11) is 0. The van der Waals surface area contributed by atoms with Gasteiger partial charge in [0, 0.05) is 140 Å². The van der Waals surface area contributed by atoms with E-state index < -0.39 is 0 Å². The second-order valence-electron chi connectivity index (χ2n) is 12.8. The third-order valence-corrected chi connectivity index (χ3v) is 5.84. The number of aryl methyl sites for hydroxylation is 8. The average molecular weight is 1370 g/mol. The Bertz CT molecular complexity index is 1360. The van der Waals surface area contributed by atoms with Gasteiger partial charge >= 0.3 is 0 Å². The van der Waals surface area contributed by atoms with E-state index in [1.54, 1.807) is 13.8 Å². The van der Waals surface area contributed by atoms with Crippen LogP contribution in [0.15, 0.2) is 152 Å². The van der Waals surface area contributed by atoms with Crippen molar-refractivity contribution in [3.63, 3.8) is 0 Å². The van der Waals surface area contributed by atoms with E-state index in [0.29, 0.717) is 0 Å². The summed E-state index contributed by atoms with van der Waals surface area (Å²) in [6, 6.07) is 59.9. The summed E-state index contributed by atoms with van der Waals surface area (Å²) in [5, 5.41) is 0. The summed E-state index contributed by atoms with van der Waals surface area (Å²) >= 11 is 0. The topological polar surface area (TPSA) is 0 Å². The maximum Gasteiger partial charge on any atom is 0 e. The predicted octanol–water partition coefficient (Wildman–Crippen LogP) is 17.0. The van der Waals surface area contributed by atoms with Crippen molar-refractivity contribution in [2.75, 3.05) is 0 Å². The van der Waals surface area contributed by atoms with Crippen molar-refractivity contribution in [3.05, 3.63) is 228 Å². The predicted molar refractivity (Wildman–Crippen MR) is 303 cm³/mol. The van der Waals surface area contributed by atoms with Gasteiger partial charge in [0.2, 0.25) is 0 Å². The van der Waals surface area contributed by atoms with Crippen molar-refractivity contribution in [1.82, 2.24) is 0 Å². The first-order valence-electron chi connectivity index (χ1n) is 21.7. The molecule has 0 atom stereocenters. The van der Waals surface area contributed by atoms with E-state index in [9.17, 15) is 0 Å². The van der Waals surface area contributed by atoms with E-state index in [0.717, 1.165) is 0 Å². The van der Waals surface area contributed by atoms with Crippen LogP contribution < -0.4 is 0 Å². The van der Waals surface area contributed by atoms with E-state index >= 15 is 0 Å². The van der Waals surface area contributed by atoms with Crippen LogP contribution in [0.4, 0.5) is 0 Å². The second-order valence-corrected chi connectivity index (χ2v) is 12.8. The van der Waals surface area contributed by atoms with Crippen LogP contribution in [0.1, 0.15) is 133 Å². The third kappa shape index (κ3) is 109. The molecule has 69 heavy (non-hydrogen) atoms. The SMILES string of the molecule is CC.CCC.CCC.CCC.Cc1c[c-]cc(C)c1.Cc1c[c-]cc(C)c1.Cc1c[c-]ccc1.Cc1ccccc1.Cc1ccccc1.Cc1ccccc1.[B].[B].[B].[B].[B].[CH2-]C.[CH2-]C.[V].[V].[V].[W].[W]. The van der Waals surface area contributed by atoms with Crippen LogP contribution in [-0.4, -0.2) is 42.1 Å². The first-order chi connectivity index (χ1) is 28.4. The molecule has 10 heteroatoms. The number of hydrogen-bond acceptors (Lipinski definition) is 0. The van der Waals surface area contributed by atoms with Crippen molar-refractivity contribution in [3.8, 4) is 0 Å². The molecule has 0 heterocycles. The monoisotopic (exact) mass is 1370 g/mol. The molecule has 6 aromatic carbocycles. The second kappa shape index (κ2) is 99.9. The fourth-order valence-corrected chi connectivity index (χ4v) is 3.58. The van der Waals surface area contributed by atoms with Crippen LogP contribution in [0.5, 0.6) is 0 Å². The third-order valence-electron chi connectivity index (χ3n) is 5.84. The Morgan fingerprint density at radius 2 is 0.478 bits per heavy atom. The van der Waals surface area contributed by atoms with Gasteiger partial charge in [0.05, 0.1) is 0 Å². The van der Waals surface area contributed by atoms with Crippen molar-refractivity contribution >= 4 is 42.1 Å². The molecular weight excluding hydrogens is 1280 g/mol. The van der Waals surface area contributed by atoms with Gasteiger partial charge in [-0.05, 0) is 20.8 Å². The molecule has 0 amide bonds. The number of benzene rings is 6. The maximum atomic E-state index is 3.25. The molecule has 0 saturated heterocycles. The fourth-order valence-electron chi connectivity index (χ4n) is 3.58. The minimum absolute atomic E-state index is 0. The standard InChI is InChI=1S/2C8H9.3C7H8.C7H7.3C3H8.C2H6.2C2H5.5B.3V.2W/c2*1-7-4-3-5-8(2)6-7;4*1-7-5-3-2-4-6-7;3*1-3-2;3*1-2;;;;;;;;;;/h2*4-6H,1-2H3;3*2-6H,1H3;2-3,5-6H,1H3;3*3H2,1-2H3;1-2H3;2*1H2,2H3;;;;;;;;;;/q2*-1;;;;-1;;;;;2*-1;;;;;;;;;;. The van der Waals surface area contributed by atoms with Gasteiger partial charge in [-0.15, -0.1) is 0 Å². The Morgan fingerprint density at radius 3 is 0.565 bits per heavy atom. The molecule has 6 aromatic rings. The zero-order valence-corrected chi connectivity index (χ0v) is 56.6. The molecule has 0 aromatic heterocycles. The van der Waals surface area contributed by atoms with Crippen LogP contribution in [-0.2, 0) is 97.8 Å². The molecule has 0 bridgehead atoms. The maximum absolute atomic E-state index is 3.25. The quantitative estimate of drug-likeness (QED) is 0.105. The minimum Gasteiger partial charge on any atom is -0.346 e. The summed E-state index contributed by atoms with van der Waals surface area (Å²) in [6.07, 6.45) is 3.75. The molecule has 372 valence electrons. The van der Waals surface area contributed by atoms with Gasteiger partial charge in [0.1, 0.15) is 0 Å². The van der Waals surface area contributed by atoms with Gasteiger partial charge in [-0.3, -0.25) is 0 Å². The van der Waals surface area contributed by atoms with Crippen LogP contribution in [0, 0.1) is 87.4 Å². The molecule has 18 radical (unpaired) electrons. The smallest absolute Gasteiger partial charge is 0 e. The zero-order chi connectivity index (χ0) is 46.5. The van der Waals surface area contributed by atoms with Gasteiger partial charge in [0.15, 0.2) is 0 Å². The van der Waals surface area contributed by atoms with Crippen molar-refractivity contribution in [2.24, 2.45) is 0 Å². The summed E-state index contributed by atoms with van der Waals surface area (Å²) in [5.41, 5.74) is 10.4. The molecular formula is C59H89B5V3W2-5. The summed E-state index contributed by atoms with van der Waals surface area (Å²) in [5.74, 6) is 0. The van der Waals surface area contributed by atoms with E-state index in [4.69, 9.17) is 0 Å². The van der Waals surface area contributed by atoms with Crippen molar-refractivity contribution in [1.29, 1.82) is 0 Å². The van der Waals surface area contributed by atoms with Crippen LogP contribution in [0.3, 0.4) is 0 Å². The molecule has 0 fully saturated rings. The summed E-state index contributed by atoms with van der Waals surface area (Å²) in [4.78, 5) is 0. The molecule has 0 N–H and O–H groups in total. The van der Waals surface area contributed by atoms with Crippen LogP contribution in [0.2, 0.25) is 0 Å². The Kier molecular flexibility index (Phi) is 163. The first-order valence-corrected chi connectivity index (χ1v) is 21.7. The zero-order valence-electron chi connectivity index (χ0n) is 46.5. The van der Waals surface area contributed by atoms with Gasteiger partial charge in [-0.2, -0.15) is 121 Å². The largest absolute Gasteiger partial charge is 0.346 e. The summed E-state index contributed by atoms with van der Waals surface area (Å²) < 4.78 is 0. The van der Waals surface area contributed by atoms with Crippen molar-refractivity contribution in [2.45, 2.75) is 144 Å². The molecule has 6 rings (SSSR count). The van der Waals surface area contributed by atoms with Gasteiger partial charge in [-0.1, -0.05) is 217 Å². The fraction of sp³-hybridized carbons (Fsp3) is 0.356. The number of rotatable bonds is 0. The molecule has 0 spiro atoms. The van der Waals surface area contributed by atoms with Gasteiger partial charge < -0.3 is 13.8 Å². The molecule has 0 aliphatic carbocycles. The molecule has 0 aliphatic heterocycles. The molecule has 0 nitrogen and oxygen atoms in total. The normalized spacial score (nSPS) is 6.72. The Morgan fingerprint density at radius 1 is 0.304 bits per heavy atom. The molecule has 0 unspecified atom stereocenters. The van der Waals surface area contributed by atoms with Gasteiger partial charge in [0.25, 0.3) is 0 Å². The summed E-state index contributed by atoms with van der Waals surface area (Å²) in [6.45, 7) is 43.3. The first kappa shape index (κ1) is 113. The van der Waals surface area contributed by atoms with E-state index in [1.807, 2.05) is 111 Å². The van der Waals surface area contributed by atoms with E-state index in [2.05, 4.69) is 184 Å². The molecule has 0 saturated carbocycles. The van der Waals surface area contributed by atoms with E-state index in [1.165, 1.54) is 63.8 Å². The minimum atomic E-state index is 0. The number of hydrogen-bond donors (Lipinski definition) is 0. The van der Waals surface area contributed by atoms with E-state index in [-0.39, 0.29) is 140 Å².